The molecule has 0 bridgehead atoms. The van der Waals surface area contributed by atoms with Gasteiger partial charge in [-0.1, -0.05) is 0 Å². The van der Waals surface area contributed by atoms with Crippen LogP contribution >= 0.6 is 11.3 Å². The number of fused-ring (bicyclic) bond motifs is 1. The predicted octanol–water partition coefficient (Wildman–Crippen LogP) is 3.55. The van der Waals surface area contributed by atoms with Gasteiger partial charge in [0.05, 0.1) is 12.6 Å². The van der Waals surface area contributed by atoms with Gasteiger partial charge in [0.2, 0.25) is 0 Å². The molecule has 0 atom stereocenters. The molecule has 1 aromatic carbocycles. The highest BCUT2D eigenvalue weighted by molar-refractivity contribution is 7.13. The Balaban J connectivity index is 2.25. The number of rotatable bonds is 3. The van der Waals surface area contributed by atoms with Gasteiger partial charge in [-0.05, 0) is 29.6 Å². The van der Waals surface area contributed by atoms with Crippen LogP contribution in [-0.4, -0.2) is 24.1 Å². The van der Waals surface area contributed by atoms with Gasteiger partial charge in [0.1, 0.15) is 22.3 Å². The Morgan fingerprint density at radius 1 is 1.25 bits per heavy atom. The summed E-state index contributed by atoms with van der Waals surface area (Å²) >= 11 is 1.51. The van der Waals surface area contributed by atoms with Gasteiger partial charge in [0.25, 0.3) is 0 Å². The van der Waals surface area contributed by atoms with Crippen LogP contribution in [0.2, 0.25) is 0 Å². The smallest absolute Gasteiger partial charge is 0.176 e. The normalized spacial score (nSPS) is 10.8. The summed E-state index contributed by atoms with van der Waals surface area (Å²) in [6.07, 6.45) is 0. The molecule has 0 aliphatic rings. The third-order valence-electron chi connectivity index (χ3n) is 2.95. The SMILES string of the molecule is CNc1nc(-c2sccc2OC)nc2ccc(F)cc12. The average molecular weight is 289 g/mol. The van der Waals surface area contributed by atoms with Crippen molar-refractivity contribution in [2.45, 2.75) is 0 Å². The third-order valence-corrected chi connectivity index (χ3v) is 3.84. The van der Waals surface area contributed by atoms with E-state index in [0.717, 1.165) is 10.6 Å². The maximum atomic E-state index is 13.3. The molecule has 0 aliphatic heterocycles. The Kier molecular flexibility index (Phi) is 3.23. The zero-order chi connectivity index (χ0) is 14.1. The number of hydrogen-bond donors (Lipinski definition) is 1. The third kappa shape index (κ3) is 2.08. The molecular formula is C14H12FN3OS. The lowest BCUT2D eigenvalue weighted by Crippen LogP contribution is -1.99. The van der Waals surface area contributed by atoms with Crippen molar-refractivity contribution in [1.82, 2.24) is 9.97 Å². The molecule has 0 amide bonds. The highest BCUT2D eigenvalue weighted by Gasteiger charge is 2.14. The summed E-state index contributed by atoms with van der Waals surface area (Å²) in [5.74, 6) is 1.60. The fourth-order valence-electron chi connectivity index (χ4n) is 2.01. The molecule has 4 nitrogen and oxygen atoms in total. The summed E-state index contributed by atoms with van der Waals surface area (Å²) in [6.45, 7) is 0. The summed E-state index contributed by atoms with van der Waals surface area (Å²) in [7, 11) is 3.36. The maximum Gasteiger partial charge on any atom is 0.176 e. The van der Waals surface area contributed by atoms with E-state index in [2.05, 4.69) is 15.3 Å². The highest BCUT2D eigenvalue weighted by Crippen LogP contribution is 2.35. The van der Waals surface area contributed by atoms with Crippen LogP contribution in [0.4, 0.5) is 10.2 Å². The van der Waals surface area contributed by atoms with E-state index < -0.39 is 0 Å². The lowest BCUT2D eigenvalue weighted by molar-refractivity contribution is 0.418. The minimum absolute atomic E-state index is 0.306. The molecule has 2 aromatic heterocycles. The van der Waals surface area contributed by atoms with E-state index in [1.165, 1.54) is 23.5 Å². The zero-order valence-electron chi connectivity index (χ0n) is 11.0. The van der Waals surface area contributed by atoms with E-state index in [4.69, 9.17) is 4.74 Å². The number of thiophene rings is 1. The Morgan fingerprint density at radius 3 is 2.85 bits per heavy atom. The zero-order valence-corrected chi connectivity index (χ0v) is 11.8. The van der Waals surface area contributed by atoms with Crippen molar-refractivity contribution in [3.05, 3.63) is 35.5 Å². The predicted molar refractivity (Wildman–Crippen MR) is 78.9 cm³/mol. The average Bonchev–Trinajstić information content (AvgIpc) is 2.94. The molecule has 6 heteroatoms. The first-order valence-corrected chi connectivity index (χ1v) is 6.88. The van der Waals surface area contributed by atoms with E-state index in [0.29, 0.717) is 22.5 Å². The maximum absolute atomic E-state index is 13.3. The quantitative estimate of drug-likeness (QED) is 0.801. The van der Waals surface area contributed by atoms with Crippen molar-refractivity contribution >= 4 is 28.1 Å². The van der Waals surface area contributed by atoms with Gasteiger partial charge in [-0.15, -0.1) is 11.3 Å². The van der Waals surface area contributed by atoms with Crippen LogP contribution in [-0.2, 0) is 0 Å². The fraction of sp³-hybridized carbons (Fsp3) is 0.143. The number of benzene rings is 1. The molecule has 3 aromatic rings. The first-order chi connectivity index (χ1) is 9.72. The molecule has 0 unspecified atom stereocenters. The minimum atomic E-state index is -0.306. The Bertz CT molecular complexity index is 772. The molecule has 20 heavy (non-hydrogen) atoms. The van der Waals surface area contributed by atoms with Gasteiger partial charge in [0, 0.05) is 12.4 Å². The molecule has 0 aliphatic carbocycles. The number of ether oxygens (including phenoxy) is 1. The molecule has 2 heterocycles. The Labute approximate surface area is 119 Å². The van der Waals surface area contributed by atoms with Crippen LogP contribution in [0.15, 0.2) is 29.6 Å². The topological polar surface area (TPSA) is 47.0 Å². The number of aromatic nitrogens is 2. The van der Waals surface area contributed by atoms with Crippen molar-refractivity contribution in [2.75, 3.05) is 19.5 Å². The van der Waals surface area contributed by atoms with Crippen molar-refractivity contribution in [2.24, 2.45) is 0 Å². The van der Waals surface area contributed by atoms with E-state index in [1.54, 1.807) is 20.2 Å². The van der Waals surface area contributed by atoms with Gasteiger partial charge < -0.3 is 10.1 Å². The molecular weight excluding hydrogens is 277 g/mol. The van der Waals surface area contributed by atoms with E-state index >= 15 is 0 Å². The van der Waals surface area contributed by atoms with Gasteiger partial charge >= 0.3 is 0 Å². The van der Waals surface area contributed by atoms with Crippen LogP contribution < -0.4 is 10.1 Å². The second kappa shape index (κ2) is 5.05. The lowest BCUT2D eigenvalue weighted by Gasteiger charge is -2.08. The molecule has 3 rings (SSSR count). The number of methoxy groups -OCH3 is 1. The van der Waals surface area contributed by atoms with E-state index in [-0.39, 0.29) is 5.82 Å². The summed E-state index contributed by atoms with van der Waals surface area (Å²) < 4.78 is 18.6. The number of anilines is 1. The highest BCUT2D eigenvalue weighted by atomic mass is 32.1. The first-order valence-electron chi connectivity index (χ1n) is 6.00. The standard InChI is InChI=1S/C14H12FN3OS/c1-16-13-9-7-8(15)3-4-10(9)17-14(18-13)12-11(19-2)5-6-20-12/h3-7H,1-2H3,(H,16,17,18). The minimum Gasteiger partial charge on any atom is -0.495 e. The second-order valence-corrected chi connectivity index (χ2v) is 5.04. The molecule has 0 radical (unpaired) electrons. The van der Waals surface area contributed by atoms with Gasteiger partial charge in [-0.2, -0.15) is 0 Å². The van der Waals surface area contributed by atoms with Crippen LogP contribution in [0, 0.1) is 5.82 Å². The second-order valence-electron chi connectivity index (χ2n) is 4.13. The van der Waals surface area contributed by atoms with Crippen molar-refractivity contribution in [1.29, 1.82) is 0 Å². The number of hydrogen-bond acceptors (Lipinski definition) is 5. The molecule has 0 spiro atoms. The first kappa shape index (κ1) is 12.8. The molecule has 1 N–H and O–H groups in total. The fourth-order valence-corrected chi connectivity index (χ4v) is 2.81. The summed E-state index contributed by atoms with van der Waals surface area (Å²) in [4.78, 5) is 9.80. The van der Waals surface area contributed by atoms with Gasteiger partial charge in [-0.3, -0.25) is 0 Å². The summed E-state index contributed by atoms with van der Waals surface area (Å²) in [6, 6.07) is 6.34. The number of nitrogens with one attached hydrogen (secondary N) is 1. The molecule has 0 saturated heterocycles. The number of halogens is 1. The van der Waals surface area contributed by atoms with Crippen LogP contribution in [0.3, 0.4) is 0 Å². The molecule has 0 saturated carbocycles. The van der Waals surface area contributed by atoms with Crippen LogP contribution in [0.5, 0.6) is 5.75 Å². The summed E-state index contributed by atoms with van der Waals surface area (Å²) in [5, 5.41) is 5.56. The van der Waals surface area contributed by atoms with Gasteiger partial charge in [-0.25, -0.2) is 14.4 Å². The van der Waals surface area contributed by atoms with Gasteiger partial charge in [0.15, 0.2) is 5.82 Å². The number of nitrogens with zero attached hydrogens (tertiary/aromatic N) is 2. The Morgan fingerprint density at radius 2 is 2.10 bits per heavy atom. The van der Waals surface area contributed by atoms with Crippen molar-refractivity contribution in [3.8, 4) is 16.5 Å². The summed E-state index contributed by atoms with van der Waals surface area (Å²) in [5.41, 5.74) is 0.691. The van der Waals surface area contributed by atoms with E-state index in [1.807, 2.05) is 11.4 Å². The lowest BCUT2D eigenvalue weighted by atomic mass is 10.2. The largest absolute Gasteiger partial charge is 0.495 e. The van der Waals surface area contributed by atoms with E-state index in [9.17, 15) is 4.39 Å². The van der Waals surface area contributed by atoms with Crippen LogP contribution in [0.25, 0.3) is 21.6 Å². The molecule has 102 valence electrons. The van der Waals surface area contributed by atoms with Crippen LogP contribution in [0.1, 0.15) is 0 Å². The molecule has 0 fully saturated rings. The Hall–Kier alpha value is -2.21. The van der Waals surface area contributed by atoms with Crippen molar-refractivity contribution < 1.29 is 9.13 Å². The monoisotopic (exact) mass is 289 g/mol. The van der Waals surface area contributed by atoms with Crippen molar-refractivity contribution in [3.63, 3.8) is 0 Å².